The van der Waals surface area contributed by atoms with Crippen LogP contribution in [0, 0.1) is 0 Å². The van der Waals surface area contributed by atoms with E-state index in [1.807, 2.05) is 4.57 Å². The predicted octanol–water partition coefficient (Wildman–Crippen LogP) is -2.07. The second kappa shape index (κ2) is 3.16. The molecule has 2 aliphatic rings. The summed E-state index contributed by atoms with van der Waals surface area (Å²) in [6, 6.07) is 0. The lowest BCUT2D eigenvalue weighted by Crippen LogP contribution is -2.47. The number of nitrogens with zero attached hydrogens (tertiary/aromatic N) is 4. The number of fused-ring (bicyclic) bond motifs is 3. The van der Waals surface area contributed by atoms with Gasteiger partial charge < -0.3 is 20.7 Å². The fourth-order valence-electron chi connectivity index (χ4n) is 2.69. The lowest BCUT2D eigenvalue weighted by Gasteiger charge is -2.16. The summed E-state index contributed by atoms with van der Waals surface area (Å²) in [7, 11) is 0. The molecule has 0 aromatic carbocycles. The summed E-state index contributed by atoms with van der Waals surface area (Å²) in [5.74, 6) is 0.341. The first kappa shape index (κ1) is 10.2. The van der Waals surface area contributed by atoms with Crippen molar-refractivity contribution in [3.8, 4) is 0 Å². The number of aromatic nitrogens is 4. The van der Waals surface area contributed by atoms with Crippen LogP contribution in [0.3, 0.4) is 0 Å². The molecule has 4 unspecified atom stereocenters. The van der Waals surface area contributed by atoms with Crippen molar-refractivity contribution in [2.75, 3.05) is 5.73 Å². The minimum absolute atomic E-state index is 0.341. The Morgan fingerprint density at radius 2 is 2.22 bits per heavy atom. The highest BCUT2D eigenvalue weighted by Crippen LogP contribution is 2.33. The van der Waals surface area contributed by atoms with Gasteiger partial charge in [0.05, 0.1) is 0 Å². The number of aliphatic hydroxyl groups excluding tert-OH is 2. The minimum Gasteiger partial charge on any atom is -0.387 e. The average Bonchev–Trinajstić information content (AvgIpc) is 2.84. The molecule has 2 aromatic rings. The predicted molar refractivity (Wildman–Crippen MR) is 58.1 cm³/mol. The molecule has 4 heterocycles. The topological polar surface area (TPSA) is 110 Å². The van der Waals surface area contributed by atoms with Crippen LogP contribution in [0.5, 0.6) is 0 Å². The molecule has 0 aliphatic carbocycles. The maximum Gasteiger partial charge on any atom is 0.263 e. The van der Waals surface area contributed by atoms with E-state index in [0.29, 0.717) is 17.9 Å². The third-order valence-corrected chi connectivity index (χ3v) is 3.61. The van der Waals surface area contributed by atoms with Crippen LogP contribution in [0.2, 0.25) is 0 Å². The molecule has 4 atom stereocenters. The van der Waals surface area contributed by atoms with E-state index in [0.717, 1.165) is 5.65 Å². The van der Waals surface area contributed by atoms with Crippen LogP contribution in [0.4, 0.5) is 5.82 Å². The smallest absolute Gasteiger partial charge is 0.263 e. The molecule has 2 aliphatic heterocycles. The molecule has 2 aromatic heterocycles. The van der Waals surface area contributed by atoms with Gasteiger partial charge in [-0.3, -0.25) is 0 Å². The van der Waals surface area contributed by atoms with Crippen molar-refractivity contribution in [2.45, 2.75) is 31.1 Å². The van der Waals surface area contributed by atoms with E-state index in [1.54, 1.807) is 17.2 Å². The number of rotatable bonds is 0. The van der Waals surface area contributed by atoms with Crippen LogP contribution in [-0.4, -0.2) is 43.1 Å². The van der Waals surface area contributed by atoms with Gasteiger partial charge in [0, 0.05) is 0 Å². The fraction of sp³-hybridized carbons (Fsp3) is 0.500. The van der Waals surface area contributed by atoms with E-state index in [4.69, 9.17) is 10.5 Å². The van der Waals surface area contributed by atoms with Gasteiger partial charge in [0.2, 0.25) is 18.4 Å². The fourth-order valence-corrected chi connectivity index (χ4v) is 2.69. The van der Waals surface area contributed by atoms with E-state index < -0.39 is 24.5 Å². The molecule has 8 heteroatoms. The molecule has 18 heavy (non-hydrogen) atoms. The summed E-state index contributed by atoms with van der Waals surface area (Å²) in [6.45, 7) is 0.407. The Morgan fingerprint density at radius 1 is 1.39 bits per heavy atom. The van der Waals surface area contributed by atoms with Crippen molar-refractivity contribution in [3.63, 3.8) is 0 Å². The van der Waals surface area contributed by atoms with Gasteiger partial charge in [0.1, 0.15) is 24.9 Å². The number of nitrogen functional groups attached to an aromatic ring is 1. The molecule has 1 saturated heterocycles. The Balaban J connectivity index is 2.03. The summed E-state index contributed by atoms with van der Waals surface area (Å²) in [4.78, 5) is 8.25. The number of ether oxygens (including phenoxy) is 1. The Morgan fingerprint density at radius 3 is 3.06 bits per heavy atom. The van der Waals surface area contributed by atoms with Crippen LogP contribution in [0.25, 0.3) is 11.2 Å². The first-order valence-corrected chi connectivity index (χ1v) is 5.69. The largest absolute Gasteiger partial charge is 0.387 e. The Labute approximate surface area is 101 Å². The van der Waals surface area contributed by atoms with Gasteiger partial charge in [-0.1, -0.05) is 4.98 Å². The quantitative estimate of drug-likeness (QED) is 0.463. The highest BCUT2D eigenvalue weighted by Gasteiger charge is 2.49. The zero-order valence-electron chi connectivity index (χ0n) is 9.34. The first-order valence-electron chi connectivity index (χ1n) is 5.69. The van der Waals surface area contributed by atoms with Crippen molar-refractivity contribution >= 4 is 17.0 Å². The molecule has 8 nitrogen and oxygen atoms in total. The van der Waals surface area contributed by atoms with Gasteiger partial charge in [-0.25, -0.2) is 14.1 Å². The SMILES string of the molecule is Nc1nc[n+]2c3c1ncn3C1OC(C2)C(O)C1O. The molecule has 2 bridgehead atoms. The van der Waals surface area contributed by atoms with Crippen LogP contribution in [0.15, 0.2) is 12.7 Å². The Bertz CT molecular complexity index is 642. The van der Waals surface area contributed by atoms with Gasteiger partial charge in [0.15, 0.2) is 11.8 Å². The number of aliphatic hydroxyl groups is 2. The number of hydrogen-bond acceptors (Lipinski definition) is 6. The third kappa shape index (κ3) is 1.07. The van der Waals surface area contributed by atoms with Crippen molar-refractivity contribution in [3.05, 3.63) is 12.7 Å². The van der Waals surface area contributed by atoms with E-state index >= 15 is 0 Å². The number of nitrogens with two attached hydrogens (primary N) is 1. The van der Waals surface area contributed by atoms with Gasteiger partial charge in [-0.15, -0.1) is 0 Å². The minimum atomic E-state index is -0.962. The monoisotopic (exact) mass is 250 g/mol. The van der Waals surface area contributed by atoms with Crippen LogP contribution in [-0.2, 0) is 11.3 Å². The maximum atomic E-state index is 9.98. The summed E-state index contributed by atoms with van der Waals surface area (Å²) in [6.07, 6.45) is 0.183. The van der Waals surface area contributed by atoms with E-state index in [1.165, 1.54) is 0 Å². The number of anilines is 1. The summed E-state index contributed by atoms with van der Waals surface area (Å²) in [5, 5.41) is 19.9. The molecule has 94 valence electrons. The van der Waals surface area contributed by atoms with Crippen molar-refractivity contribution in [1.29, 1.82) is 0 Å². The molecule has 1 fully saturated rings. The van der Waals surface area contributed by atoms with Crippen molar-refractivity contribution in [1.82, 2.24) is 14.5 Å². The van der Waals surface area contributed by atoms with Crippen molar-refractivity contribution < 1.29 is 19.5 Å². The molecular formula is C10H12N5O3+. The maximum absolute atomic E-state index is 9.98. The number of hydrogen-bond donors (Lipinski definition) is 3. The van der Waals surface area contributed by atoms with Crippen LogP contribution >= 0.6 is 0 Å². The third-order valence-electron chi connectivity index (χ3n) is 3.61. The lowest BCUT2D eigenvalue weighted by atomic mass is 10.1. The Hall–Kier alpha value is -1.77. The number of imidazole rings is 1. The standard InChI is InChI=1S/C10H11N5O3/c11-8-5-9-14(2-13-8)1-4-6(16)7(17)10(18-4)15(9)3-12-5/h2-4,6-7,10-11,16-17H,1H2/p+1. The van der Waals surface area contributed by atoms with Gasteiger partial charge in [-0.2, -0.15) is 0 Å². The van der Waals surface area contributed by atoms with Crippen molar-refractivity contribution in [2.24, 2.45) is 0 Å². The molecule has 0 amide bonds. The zero-order valence-corrected chi connectivity index (χ0v) is 9.34. The molecule has 0 radical (unpaired) electrons. The lowest BCUT2D eigenvalue weighted by molar-refractivity contribution is -0.682. The Kier molecular flexibility index (Phi) is 1.79. The second-order valence-corrected chi connectivity index (χ2v) is 4.65. The van der Waals surface area contributed by atoms with Gasteiger partial charge in [0.25, 0.3) is 5.65 Å². The molecule has 0 spiro atoms. The summed E-state index contributed by atoms with van der Waals surface area (Å²) < 4.78 is 9.17. The average molecular weight is 250 g/mol. The van der Waals surface area contributed by atoms with E-state index in [-0.39, 0.29) is 0 Å². The molecule has 0 saturated carbocycles. The summed E-state index contributed by atoms with van der Waals surface area (Å²) >= 11 is 0. The van der Waals surface area contributed by atoms with Crippen LogP contribution in [0.1, 0.15) is 6.23 Å². The second-order valence-electron chi connectivity index (χ2n) is 4.65. The summed E-state index contributed by atoms with van der Waals surface area (Å²) in [5.41, 5.74) is 7.11. The molecule has 4 rings (SSSR count). The highest BCUT2D eigenvalue weighted by atomic mass is 16.6. The zero-order chi connectivity index (χ0) is 12.4. The molecular weight excluding hydrogens is 238 g/mol. The van der Waals surface area contributed by atoms with E-state index in [9.17, 15) is 10.2 Å². The van der Waals surface area contributed by atoms with Gasteiger partial charge in [-0.05, 0) is 0 Å². The molecule has 4 N–H and O–H groups in total. The van der Waals surface area contributed by atoms with Crippen LogP contribution < -0.4 is 10.3 Å². The van der Waals surface area contributed by atoms with E-state index in [2.05, 4.69) is 9.97 Å². The first-order chi connectivity index (χ1) is 8.66. The van der Waals surface area contributed by atoms with Gasteiger partial charge >= 0.3 is 0 Å². The highest BCUT2D eigenvalue weighted by molar-refractivity contribution is 5.79. The normalized spacial score (nSPS) is 33.9.